The second-order valence-corrected chi connectivity index (χ2v) is 5.20. The molecule has 1 atom stereocenters. The van der Waals surface area contributed by atoms with Crippen LogP contribution >= 0.6 is 0 Å². The van der Waals surface area contributed by atoms with Gasteiger partial charge in [0, 0.05) is 11.8 Å². The first-order chi connectivity index (χ1) is 7.73. The Morgan fingerprint density at radius 3 is 2.59 bits per heavy atom. The van der Waals surface area contributed by atoms with Crippen LogP contribution in [0.5, 0.6) is 0 Å². The average Bonchev–Trinajstić information content (AvgIpc) is 2.14. The molecule has 0 heterocycles. The smallest absolute Gasteiger partial charge is 0.309 e. The molecule has 0 saturated carbocycles. The van der Waals surface area contributed by atoms with Crippen LogP contribution in [0.2, 0.25) is 0 Å². The van der Waals surface area contributed by atoms with E-state index in [1.807, 2.05) is 0 Å². The molecule has 0 fully saturated rings. The molecule has 4 nitrogen and oxygen atoms in total. The van der Waals surface area contributed by atoms with E-state index in [0.717, 1.165) is 0 Å². The number of esters is 1. The third-order valence-electron chi connectivity index (χ3n) is 3.47. The summed E-state index contributed by atoms with van der Waals surface area (Å²) in [6, 6.07) is 0. The molecule has 0 saturated heterocycles. The van der Waals surface area contributed by atoms with Crippen molar-refractivity contribution in [3.63, 3.8) is 0 Å². The fourth-order valence-electron chi connectivity index (χ4n) is 2.33. The molecule has 1 aliphatic carbocycles. The molecule has 0 bridgehead atoms. The van der Waals surface area contributed by atoms with E-state index >= 15 is 0 Å². The van der Waals surface area contributed by atoms with E-state index in [9.17, 15) is 14.7 Å². The first kappa shape index (κ1) is 13.9. The van der Waals surface area contributed by atoms with Gasteiger partial charge in [-0.1, -0.05) is 13.8 Å². The number of rotatable bonds is 3. The van der Waals surface area contributed by atoms with Crippen molar-refractivity contribution in [2.24, 2.45) is 5.41 Å². The molecular weight excluding hydrogens is 220 g/mol. The SMILES string of the molecule is CCOC(=O)CC1(O)C(C)=CC(=O)CC1(C)C. The maximum atomic E-state index is 11.5. The van der Waals surface area contributed by atoms with Gasteiger partial charge in [0.15, 0.2) is 5.78 Å². The normalized spacial score (nSPS) is 27.6. The number of aliphatic hydroxyl groups is 1. The molecular formula is C13H20O4. The molecule has 4 heteroatoms. The minimum Gasteiger partial charge on any atom is -0.466 e. The Morgan fingerprint density at radius 1 is 1.53 bits per heavy atom. The minimum atomic E-state index is -1.30. The van der Waals surface area contributed by atoms with Crippen LogP contribution in [0, 0.1) is 5.41 Å². The lowest BCUT2D eigenvalue weighted by Gasteiger charge is -2.45. The van der Waals surface area contributed by atoms with Gasteiger partial charge >= 0.3 is 5.97 Å². The zero-order chi connectivity index (χ0) is 13.3. The molecule has 0 aromatic rings. The molecule has 1 rings (SSSR count). The Hall–Kier alpha value is -1.16. The fraction of sp³-hybridized carbons (Fsp3) is 0.692. The highest BCUT2D eigenvalue weighted by molar-refractivity contribution is 5.93. The second kappa shape index (κ2) is 4.61. The van der Waals surface area contributed by atoms with Gasteiger partial charge in [-0.15, -0.1) is 0 Å². The number of ether oxygens (including phenoxy) is 1. The summed E-state index contributed by atoms with van der Waals surface area (Å²) in [6.07, 6.45) is 1.55. The lowest BCUT2D eigenvalue weighted by atomic mass is 9.63. The molecule has 0 spiro atoms. The van der Waals surface area contributed by atoms with Gasteiger partial charge in [0.2, 0.25) is 0 Å². The van der Waals surface area contributed by atoms with E-state index in [-0.39, 0.29) is 25.2 Å². The molecule has 1 N–H and O–H groups in total. The van der Waals surface area contributed by atoms with Crippen molar-refractivity contribution in [1.82, 2.24) is 0 Å². The number of hydrogen-bond donors (Lipinski definition) is 1. The van der Waals surface area contributed by atoms with Gasteiger partial charge in [0.1, 0.15) is 5.60 Å². The average molecular weight is 240 g/mol. The van der Waals surface area contributed by atoms with E-state index in [2.05, 4.69) is 0 Å². The Morgan fingerprint density at radius 2 is 2.12 bits per heavy atom. The predicted octanol–water partition coefficient (Wildman–Crippen LogP) is 1.62. The number of hydrogen-bond acceptors (Lipinski definition) is 4. The first-order valence-electron chi connectivity index (χ1n) is 5.82. The van der Waals surface area contributed by atoms with Crippen molar-refractivity contribution in [2.45, 2.75) is 46.1 Å². The summed E-state index contributed by atoms with van der Waals surface area (Å²) in [5.74, 6) is -0.453. The lowest BCUT2D eigenvalue weighted by molar-refractivity contribution is -0.154. The molecule has 0 aliphatic heterocycles. The van der Waals surface area contributed by atoms with Crippen molar-refractivity contribution < 1.29 is 19.4 Å². The van der Waals surface area contributed by atoms with E-state index < -0.39 is 17.0 Å². The summed E-state index contributed by atoms with van der Waals surface area (Å²) in [4.78, 5) is 23.0. The quantitative estimate of drug-likeness (QED) is 0.761. The van der Waals surface area contributed by atoms with Gasteiger partial charge in [0.25, 0.3) is 0 Å². The molecule has 17 heavy (non-hydrogen) atoms. The van der Waals surface area contributed by atoms with Gasteiger partial charge in [-0.25, -0.2) is 0 Å². The summed E-state index contributed by atoms with van der Waals surface area (Å²) >= 11 is 0. The Balaban J connectivity index is 3.02. The summed E-state index contributed by atoms with van der Waals surface area (Å²) in [7, 11) is 0. The fourth-order valence-corrected chi connectivity index (χ4v) is 2.33. The van der Waals surface area contributed by atoms with Crippen molar-refractivity contribution in [1.29, 1.82) is 0 Å². The predicted molar refractivity (Wildman–Crippen MR) is 63.4 cm³/mol. The number of carbonyl (C=O) groups is 2. The van der Waals surface area contributed by atoms with Crippen LogP contribution < -0.4 is 0 Å². The molecule has 0 radical (unpaired) electrons. The van der Waals surface area contributed by atoms with E-state index in [0.29, 0.717) is 5.57 Å². The highest BCUT2D eigenvalue weighted by Crippen LogP contribution is 2.45. The topological polar surface area (TPSA) is 63.6 Å². The van der Waals surface area contributed by atoms with Crippen LogP contribution in [-0.2, 0) is 14.3 Å². The Labute approximate surface area is 102 Å². The van der Waals surface area contributed by atoms with Crippen LogP contribution in [0.1, 0.15) is 40.5 Å². The maximum absolute atomic E-state index is 11.5. The van der Waals surface area contributed by atoms with Crippen LogP contribution in [0.25, 0.3) is 0 Å². The monoisotopic (exact) mass is 240 g/mol. The minimum absolute atomic E-state index is 0.0129. The van der Waals surface area contributed by atoms with Gasteiger partial charge in [-0.05, 0) is 25.5 Å². The molecule has 0 amide bonds. The van der Waals surface area contributed by atoms with E-state index in [1.54, 1.807) is 27.7 Å². The standard InChI is InChI=1S/C13H20O4/c1-5-17-11(15)8-13(16)9(2)6-10(14)7-12(13,3)4/h6,16H,5,7-8H2,1-4H3. The number of ketones is 1. The first-order valence-corrected chi connectivity index (χ1v) is 5.82. The molecule has 96 valence electrons. The van der Waals surface area contributed by atoms with Gasteiger partial charge in [-0.2, -0.15) is 0 Å². The van der Waals surface area contributed by atoms with E-state index in [1.165, 1.54) is 6.08 Å². The molecule has 0 aromatic heterocycles. The van der Waals surface area contributed by atoms with Crippen molar-refractivity contribution >= 4 is 11.8 Å². The second-order valence-electron chi connectivity index (χ2n) is 5.20. The zero-order valence-corrected chi connectivity index (χ0v) is 10.9. The Kier molecular flexibility index (Phi) is 3.77. The van der Waals surface area contributed by atoms with Crippen LogP contribution in [-0.4, -0.2) is 29.1 Å². The Bertz CT molecular complexity index is 368. The summed E-state index contributed by atoms with van der Waals surface area (Å²) in [5, 5.41) is 10.7. The summed E-state index contributed by atoms with van der Waals surface area (Å²) in [5.41, 5.74) is -1.42. The molecule has 0 aromatic carbocycles. The largest absolute Gasteiger partial charge is 0.466 e. The molecule has 1 unspecified atom stereocenters. The third kappa shape index (κ3) is 2.57. The highest BCUT2D eigenvalue weighted by atomic mass is 16.5. The number of carbonyl (C=O) groups excluding carboxylic acids is 2. The van der Waals surface area contributed by atoms with Gasteiger partial charge in [0.05, 0.1) is 13.0 Å². The molecule has 1 aliphatic rings. The number of allylic oxidation sites excluding steroid dienone is 1. The van der Waals surface area contributed by atoms with Crippen LogP contribution in [0.4, 0.5) is 0 Å². The summed E-state index contributed by atoms with van der Waals surface area (Å²) in [6.45, 7) is 7.27. The van der Waals surface area contributed by atoms with Crippen LogP contribution in [0.3, 0.4) is 0 Å². The van der Waals surface area contributed by atoms with Crippen molar-refractivity contribution in [2.75, 3.05) is 6.61 Å². The zero-order valence-electron chi connectivity index (χ0n) is 10.9. The lowest BCUT2D eigenvalue weighted by Crippen LogP contribution is -2.51. The van der Waals surface area contributed by atoms with E-state index in [4.69, 9.17) is 4.74 Å². The third-order valence-corrected chi connectivity index (χ3v) is 3.47. The summed E-state index contributed by atoms with van der Waals surface area (Å²) < 4.78 is 4.87. The maximum Gasteiger partial charge on any atom is 0.309 e. The van der Waals surface area contributed by atoms with Crippen molar-refractivity contribution in [3.8, 4) is 0 Å². The van der Waals surface area contributed by atoms with Gasteiger partial charge in [-0.3, -0.25) is 9.59 Å². The van der Waals surface area contributed by atoms with Crippen molar-refractivity contribution in [3.05, 3.63) is 11.6 Å². The van der Waals surface area contributed by atoms with Crippen LogP contribution in [0.15, 0.2) is 11.6 Å². The highest BCUT2D eigenvalue weighted by Gasteiger charge is 2.49. The van der Waals surface area contributed by atoms with Gasteiger partial charge < -0.3 is 9.84 Å².